The molecule has 0 unspecified atom stereocenters. The quantitative estimate of drug-likeness (QED) is 0.616. The van der Waals surface area contributed by atoms with Crippen LogP contribution in [0.25, 0.3) is 0 Å². The summed E-state index contributed by atoms with van der Waals surface area (Å²) in [5.41, 5.74) is 0. The van der Waals surface area contributed by atoms with Crippen molar-refractivity contribution in [2.45, 2.75) is 13.0 Å². The fourth-order valence-corrected chi connectivity index (χ4v) is 1.15. The highest BCUT2D eigenvalue weighted by Gasteiger charge is 1.95. The molecule has 1 N–H and O–H groups in total. The minimum Gasteiger partial charge on any atom is -0.355 e. The monoisotopic (exact) mass is 245 g/mol. The van der Waals surface area contributed by atoms with Gasteiger partial charge in [0.25, 0.3) is 0 Å². The van der Waals surface area contributed by atoms with E-state index in [9.17, 15) is 4.79 Å². The molecule has 0 bridgehead atoms. The van der Waals surface area contributed by atoms with E-state index in [-0.39, 0.29) is 5.91 Å². The number of imidazole rings is 1. The number of amides is 1. The smallest absolute Gasteiger partial charge is 0.230 e. The molecule has 0 aliphatic rings. The van der Waals surface area contributed by atoms with Crippen molar-refractivity contribution in [2.75, 3.05) is 11.9 Å². The second-order valence-electron chi connectivity index (χ2n) is 2.64. The fraction of sp³-hybridized carbons (Fsp3) is 0.500. The number of hydrogen-bond acceptors (Lipinski definition) is 2. The lowest BCUT2D eigenvalue weighted by Gasteiger charge is -2.03. The highest BCUT2D eigenvalue weighted by Crippen LogP contribution is 1.89. The van der Waals surface area contributed by atoms with Gasteiger partial charge in [-0.2, -0.15) is 0 Å². The molecule has 1 aromatic heterocycles. The van der Waals surface area contributed by atoms with Gasteiger partial charge in [-0.25, -0.2) is 4.98 Å². The Labute approximate surface area is 85.5 Å². The van der Waals surface area contributed by atoms with Gasteiger partial charge in [0.05, 0.1) is 11.7 Å². The van der Waals surface area contributed by atoms with Crippen molar-refractivity contribution in [3.05, 3.63) is 18.7 Å². The molecule has 0 saturated heterocycles. The van der Waals surface area contributed by atoms with Gasteiger partial charge in [0.2, 0.25) is 5.91 Å². The second kappa shape index (κ2) is 5.75. The third kappa shape index (κ3) is 4.07. The molecular weight excluding hydrogens is 234 g/mol. The Bertz CT molecular complexity index is 248. The number of rotatable bonds is 5. The Kier molecular flexibility index (Phi) is 4.53. The van der Waals surface area contributed by atoms with E-state index < -0.39 is 0 Å². The maximum Gasteiger partial charge on any atom is 0.230 e. The molecule has 0 aromatic carbocycles. The fourth-order valence-electron chi connectivity index (χ4n) is 0.956. The number of nitrogens with zero attached hydrogens (tertiary/aromatic N) is 2. The van der Waals surface area contributed by atoms with Crippen LogP contribution in [-0.2, 0) is 11.3 Å². The summed E-state index contributed by atoms with van der Waals surface area (Å²) in [6.45, 7) is 1.60. The van der Waals surface area contributed by atoms with Gasteiger partial charge in [-0.05, 0) is 6.42 Å². The van der Waals surface area contributed by atoms with Crippen molar-refractivity contribution in [2.24, 2.45) is 0 Å². The number of carbonyl (C=O) groups is 1. The van der Waals surface area contributed by atoms with Crippen LogP contribution < -0.4 is 5.32 Å². The Morgan fingerprint density at radius 1 is 1.62 bits per heavy atom. The van der Waals surface area contributed by atoms with Crippen LogP contribution in [0.2, 0.25) is 0 Å². The number of alkyl halides is 1. The molecule has 4 nitrogen and oxygen atoms in total. The van der Waals surface area contributed by atoms with Crippen LogP contribution in [0.1, 0.15) is 6.42 Å². The van der Waals surface area contributed by atoms with E-state index in [4.69, 9.17) is 0 Å². The number of carbonyl (C=O) groups excluding carboxylic acids is 1. The first kappa shape index (κ1) is 10.2. The predicted octanol–water partition coefficient (Wildman–Crippen LogP) is 0.784. The lowest BCUT2D eigenvalue weighted by molar-refractivity contribution is -0.118. The van der Waals surface area contributed by atoms with Gasteiger partial charge in [0.1, 0.15) is 0 Å². The van der Waals surface area contributed by atoms with E-state index in [1.54, 1.807) is 12.5 Å². The SMILES string of the molecule is O=C(CBr)NCCCn1ccnc1. The zero-order chi connectivity index (χ0) is 9.52. The first-order valence-electron chi connectivity index (χ1n) is 4.11. The summed E-state index contributed by atoms with van der Waals surface area (Å²) in [4.78, 5) is 14.7. The summed E-state index contributed by atoms with van der Waals surface area (Å²) in [5.74, 6) is 0.0330. The minimum absolute atomic E-state index is 0.0330. The van der Waals surface area contributed by atoms with Crippen molar-refractivity contribution in [1.29, 1.82) is 0 Å². The summed E-state index contributed by atoms with van der Waals surface area (Å²) in [7, 11) is 0. The average Bonchev–Trinajstić information content (AvgIpc) is 2.64. The summed E-state index contributed by atoms with van der Waals surface area (Å²) in [6, 6.07) is 0. The zero-order valence-electron chi connectivity index (χ0n) is 7.24. The molecule has 0 fully saturated rings. The van der Waals surface area contributed by atoms with Crippen molar-refractivity contribution >= 4 is 21.8 Å². The molecule has 0 saturated carbocycles. The summed E-state index contributed by atoms with van der Waals surface area (Å²) in [5, 5.41) is 3.15. The first-order chi connectivity index (χ1) is 6.33. The maximum absolute atomic E-state index is 10.8. The van der Waals surface area contributed by atoms with Crippen LogP contribution in [0, 0.1) is 0 Å². The third-order valence-corrected chi connectivity index (χ3v) is 2.11. The van der Waals surface area contributed by atoms with E-state index in [1.165, 1.54) is 0 Å². The topological polar surface area (TPSA) is 46.9 Å². The third-order valence-electron chi connectivity index (χ3n) is 1.60. The Morgan fingerprint density at radius 2 is 2.46 bits per heavy atom. The summed E-state index contributed by atoms with van der Waals surface area (Å²) in [6.07, 6.45) is 6.35. The lowest BCUT2D eigenvalue weighted by atomic mass is 10.4. The largest absolute Gasteiger partial charge is 0.355 e. The summed E-state index contributed by atoms with van der Waals surface area (Å²) >= 11 is 3.08. The summed E-state index contributed by atoms with van der Waals surface area (Å²) < 4.78 is 1.99. The van der Waals surface area contributed by atoms with Gasteiger partial charge in [-0.3, -0.25) is 4.79 Å². The van der Waals surface area contributed by atoms with Crippen molar-refractivity contribution < 1.29 is 4.79 Å². The van der Waals surface area contributed by atoms with Gasteiger partial charge in [-0.1, -0.05) is 15.9 Å². The standard InChI is InChI=1S/C8H12BrN3O/c9-6-8(13)11-2-1-4-12-5-3-10-7-12/h3,5,7H,1-2,4,6H2,(H,11,13). The zero-order valence-corrected chi connectivity index (χ0v) is 8.83. The lowest BCUT2D eigenvalue weighted by Crippen LogP contribution is -2.25. The highest BCUT2D eigenvalue weighted by molar-refractivity contribution is 9.09. The molecule has 0 radical (unpaired) electrons. The molecule has 1 aromatic rings. The molecule has 0 atom stereocenters. The molecule has 13 heavy (non-hydrogen) atoms. The van der Waals surface area contributed by atoms with Crippen LogP contribution in [0.15, 0.2) is 18.7 Å². The van der Waals surface area contributed by atoms with Crippen molar-refractivity contribution in [3.8, 4) is 0 Å². The Morgan fingerprint density at radius 3 is 3.08 bits per heavy atom. The van der Waals surface area contributed by atoms with Gasteiger partial charge in [0, 0.05) is 25.5 Å². The van der Waals surface area contributed by atoms with Crippen LogP contribution in [0.5, 0.6) is 0 Å². The van der Waals surface area contributed by atoms with Crippen molar-refractivity contribution in [3.63, 3.8) is 0 Å². The van der Waals surface area contributed by atoms with Crippen LogP contribution in [0.4, 0.5) is 0 Å². The number of halogens is 1. The highest BCUT2D eigenvalue weighted by atomic mass is 79.9. The molecule has 1 amide bonds. The minimum atomic E-state index is 0.0330. The number of nitrogens with one attached hydrogen (secondary N) is 1. The Balaban J connectivity index is 2.05. The number of hydrogen-bond donors (Lipinski definition) is 1. The van der Waals surface area contributed by atoms with E-state index in [2.05, 4.69) is 26.2 Å². The number of aromatic nitrogens is 2. The predicted molar refractivity (Wildman–Crippen MR) is 53.6 cm³/mol. The second-order valence-corrected chi connectivity index (χ2v) is 3.20. The molecule has 0 spiro atoms. The van der Waals surface area contributed by atoms with Gasteiger partial charge in [-0.15, -0.1) is 0 Å². The molecule has 72 valence electrons. The van der Waals surface area contributed by atoms with E-state index >= 15 is 0 Å². The van der Waals surface area contributed by atoms with E-state index in [0.717, 1.165) is 13.0 Å². The van der Waals surface area contributed by atoms with Crippen molar-refractivity contribution in [1.82, 2.24) is 14.9 Å². The normalized spacial score (nSPS) is 9.92. The van der Waals surface area contributed by atoms with Crippen LogP contribution in [-0.4, -0.2) is 27.3 Å². The molecule has 1 rings (SSSR count). The first-order valence-corrected chi connectivity index (χ1v) is 5.23. The molecular formula is C8H12BrN3O. The van der Waals surface area contributed by atoms with Crippen LogP contribution >= 0.6 is 15.9 Å². The number of aryl methyl sites for hydroxylation is 1. The Hall–Kier alpha value is -0.840. The van der Waals surface area contributed by atoms with E-state index in [0.29, 0.717) is 11.9 Å². The molecule has 5 heteroatoms. The van der Waals surface area contributed by atoms with Gasteiger partial charge < -0.3 is 9.88 Å². The van der Waals surface area contributed by atoms with Gasteiger partial charge in [0.15, 0.2) is 0 Å². The van der Waals surface area contributed by atoms with E-state index in [1.807, 2.05) is 10.8 Å². The molecule has 0 aliphatic heterocycles. The molecule has 1 heterocycles. The van der Waals surface area contributed by atoms with Crippen LogP contribution in [0.3, 0.4) is 0 Å². The maximum atomic E-state index is 10.8. The average molecular weight is 246 g/mol. The van der Waals surface area contributed by atoms with Gasteiger partial charge >= 0.3 is 0 Å². The molecule has 0 aliphatic carbocycles.